The van der Waals surface area contributed by atoms with Gasteiger partial charge in [0, 0.05) is 19.5 Å². The molecule has 1 rings (SSSR count). The Morgan fingerprint density at radius 3 is 2.44 bits per heavy atom. The van der Waals surface area contributed by atoms with Crippen LogP contribution >= 0.6 is 0 Å². The van der Waals surface area contributed by atoms with Crippen molar-refractivity contribution in [3.63, 3.8) is 0 Å². The summed E-state index contributed by atoms with van der Waals surface area (Å²) in [6.07, 6.45) is 1.23. The fraction of sp³-hybridized carbons (Fsp3) is 0.500. The molecule has 0 unspecified atom stereocenters. The quantitative estimate of drug-likeness (QED) is 0.800. The van der Waals surface area contributed by atoms with E-state index < -0.39 is 0 Å². The number of nitrogens with one attached hydrogen (secondary N) is 1. The summed E-state index contributed by atoms with van der Waals surface area (Å²) in [5.41, 5.74) is 8.70. The van der Waals surface area contributed by atoms with Gasteiger partial charge < -0.3 is 15.8 Å². The van der Waals surface area contributed by atoms with Crippen LogP contribution in [0.5, 0.6) is 5.75 Å². The summed E-state index contributed by atoms with van der Waals surface area (Å²) in [7, 11) is 1.68. The molecular weight excluding hydrogens is 228 g/mol. The van der Waals surface area contributed by atoms with Gasteiger partial charge in [0.25, 0.3) is 0 Å². The van der Waals surface area contributed by atoms with Crippen molar-refractivity contribution in [1.29, 1.82) is 0 Å². The number of carbonyl (C=O) groups excluding carboxylic acids is 1. The van der Waals surface area contributed by atoms with Crippen LogP contribution in [-0.4, -0.2) is 26.1 Å². The molecule has 18 heavy (non-hydrogen) atoms. The second-order valence-corrected chi connectivity index (χ2v) is 4.40. The lowest BCUT2D eigenvalue weighted by Crippen LogP contribution is -2.29. The van der Waals surface area contributed by atoms with Crippen LogP contribution in [0.2, 0.25) is 0 Å². The molecule has 1 aromatic rings. The van der Waals surface area contributed by atoms with Gasteiger partial charge in [0.15, 0.2) is 0 Å². The van der Waals surface area contributed by atoms with Gasteiger partial charge in [0.1, 0.15) is 5.75 Å². The molecule has 4 nitrogen and oxygen atoms in total. The van der Waals surface area contributed by atoms with Crippen molar-refractivity contribution in [1.82, 2.24) is 5.32 Å². The summed E-state index contributed by atoms with van der Waals surface area (Å²) in [4.78, 5) is 11.5. The van der Waals surface area contributed by atoms with E-state index in [0.29, 0.717) is 19.5 Å². The number of benzene rings is 1. The molecule has 0 atom stereocenters. The monoisotopic (exact) mass is 250 g/mol. The largest absolute Gasteiger partial charge is 0.496 e. The zero-order chi connectivity index (χ0) is 13.5. The van der Waals surface area contributed by atoms with Crippen LogP contribution in [0.1, 0.15) is 23.1 Å². The van der Waals surface area contributed by atoms with E-state index in [2.05, 4.69) is 17.4 Å². The second kappa shape index (κ2) is 7.01. The molecule has 0 bridgehead atoms. The Morgan fingerprint density at radius 2 is 1.94 bits per heavy atom. The van der Waals surface area contributed by atoms with Gasteiger partial charge in [0.05, 0.1) is 7.11 Å². The highest BCUT2D eigenvalue weighted by molar-refractivity contribution is 5.76. The molecule has 1 amide bonds. The zero-order valence-electron chi connectivity index (χ0n) is 11.4. The first-order valence-corrected chi connectivity index (χ1v) is 6.19. The number of ether oxygens (including phenoxy) is 1. The third-order valence-corrected chi connectivity index (χ3v) is 2.83. The molecular formula is C14H22N2O2. The summed E-state index contributed by atoms with van der Waals surface area (Å²) in [6.45, 7) is 5.06. The van der Waals surface area contributed by atoms with Gasteiger partial charge in [-0.25, -0.2) is 0 Å². The minimum atomic E-state index is 0.0478. The van der Waals surface area contributed by atoms with Crippen LogP contribution < -0.4 is 15.8 Å². The first-order chi connectivity index (χ1) is 8.58. The van der Waals surface area contributed by atoms with Crippen molar-refractivity contribution in [2.45, 2.75) is 26.7 Å². The average molecular weight is 250 g/mol. The lowest BCUT2D eigenvalue weighted by atomic mass is 10.0. The molecule has 1 aromatic carbocycles. The summed E-state index contributed by atoms with van der Waals surface area (Å²) in [6, 6.07) is 4.14. The van der Waals surface area contributed by atoms with Gasteiger partial charge in [0.2, 0.25) is 5.91 Å². The SMILES string of the molecule is COc1c(C)cc(CCC(=O)NCCN)cc1C. The Morgan fingerprint density at radius 1 is 1.33 bits per heavy atom. The molecule has 0 saturated heterocycles. The Labute approximate surface area is 109 Å². The maximum absolute atomic E-state index is 11.5. The lowest BCUT2D eigenvalue weighted by Gasteiger charge is -2.11. The van der Waals surface area contributed by atoms with Crippen LogP contribution in [0.25, 0.3) is 0 Å². The average Bonchev–Trinajstić information content (AvgIpc) is 2.33. The highest BCUT2D eigenvalue weighted by atomic mass is 16.5. The van der Waals surface area contributed by atoms with Gasteiger partial charge in [-0.15, -0.1) is 0 Å². The van der Waals surface area contributed by atoms with E-state index >= 15 is 0 Å². The van der Waals surface area contributed by atoms with Gasteiger partial charge in [-0.2, -0.15) is 0 Å². The molecule has 100 valence electrons. The normalized spacial score (nSPS) is 10.2. The topological polar surface area (TPSA) is 64.3 Å². The Kier molecular flexibility index (Phi) is 5.65. The van der Waals surface area contributed by atoms with Crippen molar-refractivity contribution in [3.05, 3.63) is 28.8 Å². The summed E-state index contributed by atoms with van der Waals surface area (Å²) in [5, 5.41) is 2.77. The fourth-order valence-corrected chi connectivity index (χ4v) is 2.06. The number of aryl methyl sites for hydroxylation is 3. The van der Waals surface area contributed by atoms with E-state index in [9.17, 15) is 4.79 Å². The van der Waals surface area contributed by atoms with E-state index in [0.717, 1.165) is 28.9 Å². The number of nitrogens with two attached hydrogens (primary N) is 1. The van der Waals surface area contributed by atoms with Crippen molar-refractivity contribution >= 4 is 5.91 Å². The third kappa shape index (κ3) is 4.04. The maximum Gasteiger partial charge on any atom is 0.220 e. The maximum atomic E-state index is 11.5. The fourth-order valence-electron chi connectivity index (χ4n) is 2.06. The number of hydrogen-bond donors (Lipinski definition) is 2. The molecule has 3 N–H and O–H groups in total. The van der Waals surface area contributed by atoms with Gasteiger partial charge >= 0.3 is 0 Å². The molecule has 4 heteroatoms. The molecule has 0 aliphatic rings. The standard InChI is InChI=1S/C14H22N2O2/c1-10-8-12(9-11(2)14(10)18-3)4-5-13(17)16-7-6-15/h8-9H,4-7,15H2,1-3H3,(H,16,17). The molecule has 0 fully saturated rings. The van der Waals surface area contributed by atoms with Crippen LogP contribution in [0, 0.1) is 13.8 Å². The van der Waals surface area contributed by atoms with Gasteiger partial charge in [-0.3, -0.25) is 4.79 Å². The lowest BCUT2D eigenvalue weighted by molar-refractivity contribution is -0.120. The van der Waals surface area contributed by atoms with Gasteiger partial charge in [-0.1, -0.05) is 12.1 Å². The minimum Gasteiger partial charge on any atom is -0.496 e. The van der Waals surface area contributed by atoms with Gasteiger partial charge in [-0.05, 0) is 37.0 Å². The number of methoxy groups -OCH3 is 1. The van der Waals surface area contributed by atoms with Crippen molar-refractivity contribution < 1.29 is 9.53 Å². The first kappa shape index (κ1) is 14.5. The van der Waals surface area contributed by atoms with E-state index in [1.165, 1.54) is 0 Å². The summed E-state index contributed by atoms with van der Waals surface area (Å²) in [5.74, 6) is 0.970. The highest BCUT2D eigenvalue weighted by Crippen LogP contribution is 2.24. The van der Waals surface area contributed by atoms with Crippen molar-refractivity contribution in [2.24, 2.45) is 5.73 Å². The summed E-state index contributed by atoms with van der Waals surface area (Å²) >= 11 is 0. The smallest absolute Gasteiger partial charge is 0.220 e. The molecule has 0 aliphatic carbocycles. The highest BCUT2D eigenvalue weighted by Gasteiger charge is 2.07. The van der Waals surface area contributed by atoms with Crippen LogP contribution in [0.3, 0.4) is 0 Å². The summed E-state index contributed by atoms with van der Waals surface area (Å²) < 4.78 is 5.32. The molecule has 0 aromatic heterocycles. The Bertz CT molecular complexity index is 393. The van der Waals surface area contributed by atoms with Crippen LogP contribution in [-0.2, 0) is 11.2 Å². The Balaban J connectivity index is 2.61. The predicted molar refractivity (Wildman–Crippen MR) is 72.9 cm³/mol. The molecule has 0 radical (unpaired) electrons. The molecule has 0 heterocycles. The van der Waals surface area contributed by atoms with Crippen LogP contribution in [0.4, 0.5) is 0 Å². The van der Waals surface area contributed by atoms with Crippen LogP contribution in [0.15, 0.2) is 12.1 Å². The Hall–Kier alpha value is -1.55. The molecule has 0 spiro atoms. The molecule has 0 saturated carbocycles. The molecule has 0 aliphatic heterocycles. The number of hydrogen-bond acceptors (Lipinski definition) is 3. The van der Waals surface area contributed by atoms with E-state index in [-0.39, 0.29) is 5.91 Å². The number of rotatable bonds is 6. The van der Waals surface area contributed by atoms with E-state index in [1.807, 2.05) is 13.8 Å². The zero-order valence-corrected chi connectivity index (χ0v) is 11.4. The number of amides is 1. The van der Waals surface area contributed by atoms with E-state index in [4.69, 9.17) is 10.5 Å². The predicted octanol–water partition coefficient (Wildman–Crippen LogP) is 1.32. The van der Waals surface area contributed by atoms with Crippen molar-refractivity contribution in [2.75, 3.05) is 20.2 Å². The third-order valence-electron chi connectivity index (χ3n) is 2.83. The van der Waals surface area contributed by atoms with Crippen molar-refractivity contribution in [3.8, 4) is 5.75 Å². The second-order valence-electron chi connectivity index (χ2n) is 4.40. The number of carbonyl (C=O) groups is 1. The minimum absolute atomic E-state index is 0.0478. The first-order valence-electron chi connectivity index (χ1n) is 6.19. The van der Waals surface area contributed by atoms with E-state index in [1.54, 1.807) is 7.11 Å².